The zero-order chi connectivity index (χ0) is 14.6. The number of hydrogen-bond donors (Lipinski definition) is 2. The van der Waals surface area contributed by atoms with Gasteiger partial charge in [-0.05, 0) is 49.3 Å². The highest BCUT2D eigenvalue weighted by Crippen LogP contribution is 2.23. The lowest BCUT2D eigenvalue weighted by molar-refractivity contribution is 0.203. The molecule has 3 heteroatoms. The first kappa shape index (κ1) is 16.1. The molecule has 1 unspecified atom stereocenters. The Morgan fingerprint density at radius 1 is 1.26 bits per heavy atom. The summed E-state index contributed by atoms with van der Waals surface area (Å²) in [6.07, 6.45) is 0.772. The van der Waals surface area contributed by atoms with Gasteiger partial charge in [-0.1, -0.05) is 26.0 Å². The van der Waals surface area contributed by atoms with Crippen LogP contribution in [0.15, 0.2) is 12.1 Å². The fourth-order valence-electron chi connectivity index (χ4n) is 2.17. The second-order valence-corrected chi connectivity index (χ2v) is 6.21. The Bertz CT molecular complexity index is 406. The molecule has 0 aliphatic heterocycles. The van der Waals surface area contributed by atoms with Crippen molar-refractivity contribution in [1.29, 1.82) is 0 Å². The number of halogens is 1. The highest BCUT2D eigenvalue weighted by molar-refractivity contribution is 5.32. The molecule has 19 heavy (non-hydrogen) atoms. The lowest BCUT2D eigenvalue weighted by Gasteiger charge is -2.27. The van der Waals surface area contributed by atoms with Gasteiger partial charge in [0, 0.05) is 19.2 Å². The standard InChI is InChI=1S/C16H26FNO/c1-11-8-14(9-12(2)15(11)17)13(3)18-10-16(4,5)6-7-19/h8-9,13,18-19H,6-7,10H2,1-5H3. The van der Waals surface area contributed by atoms with Crippen molar-refractivity contribution < 1.29 is 9.50 Å². The molecular weight excluding hydrogens is 241 g/mol. The molecule has 2 N–H and O–H groups in total. The van der Waals surface area contributed by atoms with Crippen molar-refractivity contribution in [3.63, 3.8) is 0 Å². The van der Waals surface area contributed by atoms with E-state index in [2.05, 4.69) is 26.1 Å². The monoisotopic (exact) mass is 267 g/mol. The summed E-state index contributed by atoms with van der Waals surface area (Å²) in [4.78, 5) is 0. The number of rotatable bonds is 6. The van der Waals surface area contributed by atoms with Crippen LogP contribution >= 0.6 is 0 Å². The number of benzene rings is 1. The Morgan fingerprint density at radius 2 is 1.79 bits per heavy atom. The van der Waals surface area contributed by atoms with Crippen LogP contribution in [-0.4, -0.2) is 18.3 Å². The maximum atomic E-state index is 13.6. The minimum Gasteiger partial charge on any atom is -0.396 e. The molecule has 0 aromatic heterocycles. The molecule has 1 aromatic carbocycles. The van der Waals surface area contributed by atoms with Crippen LogP contribution in [0.2, 0.25) is 0 Å². The van der Waals surface area contributed by atoms with Gasteiger partial charge in [0.1, 0.15) is 5.82 Å². The van der Waals surface area contributed by atoms with Crippen LogP contribution in [-0.2, 0) is 0 Å². The highest BCUT2D eigenvalue weighted by Gasteiger charge is 2.18. The number of aryl methyl sites for hydroxylation is 2. The highest BCUT2D eigenvalue weighted by atomic mass is 19.1. The van der Waals surface area contributed by atoms with Crippen LogP contribution < -0.4 is 5.32 Å². The van der Waals surface area contributed by atoms with Crippen molar-refractivity contribution in [2.24, 2.45) is 5.41 Å². The zero-order valence-corrected chi connectivity index (χ0v) is 12.7. The second-order valence-electron chi connectivity index (χ2n) is 6.21. The Morgan fingerprint density at radius 3 is 2.26 bits per heavy atom. The molecule has 0 aliphatic rings. The molecule has 0 saturated carbocycles. The number of hydrogen-bond acceptors (Lipinski definition) is 2. The van der Waals surface area contributed by atoms with E-state index < -0.39 is 0 Å². The van der Waals surface area contributed by atoms with E-state index in [1.54, 1.807) is 13.8 Å². The zero-order valence-electron chi connectivity index (χ0n) is 12.7. The smallest absolute Gasteiger partial charge is 0.129 e. The molecule has 1 rings (SSSR count). The van der Waals surface area contributed by atoms with Crippen LogP contribution in [0, 0.1) is 25.1 Å². The maximum absolute atomic E-state index is 13.6. The molecule has 0 radical (unpaired) electrons. The van der Waals surface area contributed by atoms with E-state index >= 15 is 0 Å². The van der Waals surface area contributed by atoms with E-state index in [9.17, 15) is 4.39 Å². The molecule has 0 aliphatic carbocycles. The van der Waals surface area contributed by atoms with Crippen molar-refractivity contribution in [3.8, 4) is 0 Å². The predicted molar refractivity (Wildman–Crippen MR) is 77.8 cm³/mol. The number of aliphatic hydroxyl groups is 1. The van der Waals surface area contributed by atoms with Gasteiger partial charge in [-0.25, -0.2) is 4.39 Å². The van der Waals surface area contributed by atoms with Gasteiger partial charge in [-0.15, -0.1) is 0 Å². The summed E-state index contributed by atoms with van der Waals surface area (Å²) in [5, 5.41) is 12.5. The third-order valence-corrected chi connectivity index (χ3v) is 3.63. The van der Waals surface area contributed by atoms with Crippen molar-refractivity contribution in [1.82, 2.24) is 5.32 Å². The van der Waals surface area contributed by atoms with Crippen LogP contribution in [0.3, 0.4) is 0 Å². The van der Waals surface area contributed by atoms with Crippen molar-refractivity contribution >= 4 is 0 Å². The summed E-state index contributed by atoms with van der Waals surface area (Å²) in [6.45, 7) is 11.0. The summed E-state index contributed by atoms with van der Waals surface area (Å²) in [5.41, 5.74) is 2.56. The van der Waals surface area contributed by atoms with E-state index in [4.69, 9.17) is 5.11 Å². The number of nitrogens with one attached hydrogen (secondary N) is 1. The molecule has 1 atom stereocenters. The van der Waals surface area contributed by atoms with Crippen molar-refractivity contribution in [3.05, 3.63) is 34.6 Å². The summed E-state index contributed by atoms with van der Waals surface area (Å²) >= 11 is 0. The quantitative estimate of drug-likeness (QED) is 0.827. The predicted octanol–water partition coefficient (Wildman–Crippen LogP) is 3.50. The molecule has 0 bridgehead atoms. The Balaban J connectivity index is 2.71. The number of aliphatic hydroxyl groups excluding tert-OH is 1. The second kappa shape index (κ2) is 6.49. The summed E-state index contributed by atoms with van der Waals surface area (Å²) in [7, 11) is 0. The molecule has 0 saturated heterocycles. The van der Waals surface area contributed by atoms with Crippen LogP contribution in [0.25, 0.3) is 0 Å². The fourth-order valence-corrected chi connectivity index (χ4v) is 2.17. The lowest BCUT2D eigenvalue weighted by atomic mass is 9.89. The topological polar surface area (TPSA) is 32.3 Å². The molecule has 0 amide bonds. The van der Waals surface area contributed by atoms with Gasteiger partial charge in [0.2, 0.25) is 0 Å². The minimum atomic E-state index is -0.114. The Kier molecular flexibility index (Phi) is 5.50. The lowest BCUT2D eigenvalue weighted by Crippen LogP contribution is -2.32. The Hall–Kier alpha value is -0.930. The van der Waals surface area contributed by atoms with Crippen LogP contribution in [0.5, 0.6) is 0 Å². The van der Waals surface area contributed by atoms with Gasteiger partial charge in [0.05, 0.1) is 0 Å². The molecule has 2 nitrogen and oxygen atoms in total. The van der Waals surface area contributed by atoms with Gasteiger partial charge in [0.15, 0.2) is 0 Å². The average Bonchev–Trinajstić information content (AvgIpc) is 2.32. The average molecular weight is 267 g/mol. The maximum Gasteiger partial charge on any atom is 0.129 e. The SMILES string of the molecule is Cc1cc(C(C)NCC(C)(C)CCO)cc(C)c1F. The van der Waals surface area contributed by atoms with Crippen LogP contribution in [0.4, 0.5) is 4.39 Å². The largest absolute Gasteiger partial charge is 0.396 e. The van der Waals surface area contributed by atoms with Crippen molar-refractivity contribution in [2.45, 2.75) is 47.1 Å². The normalized spacial score (nSPS) is 13.6. The van der Waals surface area contributed by atoms with Gasteiger partial charge in [-0.2, -0.15) is 0 Å². The molecule has 1 aromatic rings. The molecular formula is C16H26FNO. The van der Waals surface area contributed by atoms with E-state index in [1.807, 2.05) is 12.1 Å². The summed E-state index contributed by atoms with van der Waals surface area (Å²) in [5.74, 6) is -0.114. The van der Waals surface area contributed by atoms with Gasteiger partial charge in [-0.3, -0.25) is 0 Å². The molecule has 0 fully saturated rings. The fraction of sp³-hybridized carbons (Fsp3) is 0.625. The van der Waals surface area contributed by atoms with Gasteiger partial charge in [0.25, 0.3) is 0 Å². The first-order valence-electron chi connectivity index (χ1n) is 6.88. The van der Waals surface area contributed by atoms with E-state index in [0.29, 0.717) is 11.1 Å². The minimum absolute atomic E-state index is 0.0626. The molecule has 0 heterocycles. The van der Waals surface area contributed by atoms with Gasteiger partial charge >= 0.3 is 0 Å². The molecule has 108 valence electrons. The van der Waals surface area contributed by atoms with E-state index in [0.717, 1.165) is 18.5 Å². The molecule has 0 spiro atoms. The first-order valence-corrected chi connectivity index (χ1v) is 6.88. The van der Waals surface area contributed by atoms with Crippen molar-refractivity contribution in [2.75, 3.05) is 13.2 Å². The van der Waals surface area contributed by atoms with Gasteiger partial charge < -0.3 is 10.4 Å². The van der Waals surface area contributed by atoms with Crippen LogP contribution in [0.1, 0.15) is 49.9 Å². The third kappa shape index (κ3) is 4.59. The first-order chi connectivity index (χ1) is 8.76. The van der Waals surface area contributed by atoms with E-state index in [-0.39, 0.29) is 23.9 Å². The van der Waals surface area contributed by atoms with E-state index in [1.165, 1.54) is 0 Å². The third-order valence-electron chi connectivity index (χ3n) is 3.63. The summed E-state index contributed by atoms with van der Waals surface area (Å²) in [6, 6.07) is 3.98. The Labute approximate surface area is 116 Å². The summed E-state index contributed by atoms with van der Waals surface area (Å²) < 4.78 is 13.6.